The van der Waals surface area contributed by atoms with Gasteiger partial charge in [-0.25, -0.2) is 0 Å². The molecule has 0 unspecified atom stereocenters. The van der Waals surface area contributed by atoms with Crippen LogP contribution in [0.15, 0.2) is 97.6 Å². The van der Waals surface area contributed by atoms with E-state index in [0.717, 1.165) is 22.8 Å². The Bertz CT molecular complexity index is 698. The van der Waals surface area contributed by atoms with Gasteiger partial charge in [-0.1, -0.05) is 24.3 Å². The third-order valence-electron chi connectivity index (χ3n) is 3.18. The first-order chi connectivity index (χ1) is 11.9. The van der Waals surface area contributed by atoms with Crippen molar-refractivity contribution in [3.63, 3.8) is 0 Å². The van der Waals surface area contributed by atoms with Crippen LogP contribution in [0.5, 0.6) is 0 Å². The Morgan fingerprint density at radius 1 is 0.385 bits per heavy atom. The van der Waals surface area contributed by atoms with Gasteiger partial charge in [0.2, 0.25) is 0 Å². The summed E-state index contributed by atoms with van der Waals surface area (Å²) >= 11 is 0. The van der Waals surface area contributed by atoms with Crippen LogP contribution in [0, 0.1) is 0 Å². The maximum Gasteiger partial charge on any atom is 0.0886 e. The van der Waals surface area contributed by atoms with Gasteiger partial charge in [-0.15, -0.1) is 0 Å². The molecule has 4 nitrogen and oxygen atoms in total. The van der Waals surface area contributed by atoms with Crippen molar-refractivity contribution in [2.75, 3.05) is 0 Å². The van der Waals surface area contributed by atoms with Gasteiger partial charge < -0.3 is 12.4 Å². The van der Waals surface area contributed by atoms with Crippen molar-refractivity contribution >= 4 is 0 Å². The maximum atomic E-state index is 4.19. The molecule has 0 spiro atoms. The molecular formula is C20H16ClN4Os-. The second-order valence-electron chi connectivity index (χ2n) is 4.86. The first-order valence-electron chi connectivity index (χ1n) is 7.58. The van der Waals surface area contributed by atoms with E-state index in [1.807, 2.05) is 72.8 Å². The summed E-state index contributed by atoms with van der Waals surface area (Å²) < 4.78 is 0. The number of pyridine rings is 4. The number of hydrogen-bond donors (Lipinski definition) is 0. The van der Waals surface area contributed by atoms with Crippen LogP contribution in [0.2, 0.25) is 0 Å². The average Bonchev–Trinajstić information content (AvgIpc) is 2.71. The second kappa shape index (κ2) is 12.0. The molecule has 0 aliphatic heterocycles. The molecule has 4 heterocycles. The van der Waals surface area contributed by atoms with E-state index in [9.17, 15) is 0 Å². The third kappa shape index (κ3) is 6.44. The first-order valence-corrected chi connectivity index (χ1v) is 7.58. The van der Waals surface area contributed by atoms with Gasteiger partial charge in [-0.05, 0) is 48.5 Å². The molecule has 6 heteroatoms. The predicted molar refractivity (Wildman–Crippen MR) is 94.9 cm³/mol. The van der Waals surface area contributed by atoms with Gasteiger partial charge in [-0.3, -0.25) is 19.9 Å². The number of hydrogen-bond acceptors (Lipinski definition) is 4. The Hall–Kier alpha value is -2.47. The zero-order chi connectivity index (χ0) is 16.5. The minimum atomic E-state index is 0. The number of aromatic nitrogens is 4. The fourth-order valence-corrected chi connectivity index (χ4v) is 2.06. The van der Waals surface area contributed by atoms with E-state index in [1.165, 1.54) is 0 Å². The summed E-state index contributed by atoms with van der Waals surface area (Å²) in [6, 6.07) is 23.2. The van der Waals surface area contributed by atoms with Crippen LogP contribution in [0.3, 0.4) is 0 Å². The van der Waals surface area contributed by atoms with Gasteiger partial charge in [0.15, 0.2) is 0 Å². The smallest absolute Gasteiger partial charge is 0.0886 e. The molecule has 26 heavy (non-hydrogen) atoms. The Morgan fingerprint density at radius 2 is 0.615 bits per heavy atom. The van der Waals surface area contributed by atoms with Crippen LogP contribution in [-0.4, -0.2) is 19.9 Å². The van der Waals surface area contributed by atoms with Crippen LogP contribution in [-0.2, 0) is 19.8 Å². The van der Waals surface area contributed by atoms with Crippen LogP contribution in [0.25, 0.3) is 22.8 Å². The molecule has 0 saturated heterocycles. The number of halogens is 1. The molecule has 0 saturated carbocycles. The molecule has 0 fully saturated rings. The van der Waals surface area contributed by atoms with Crippen LogP contribution >= 0.6 is 0 Å². The summed E-state index contributed by atoms with van der Waals surface area (Å²) in [5, 5.41) is 0. The molecule has 4 aromatic rings. The van der Waals surface area contributed by atoms with E-state index in [0.29, 0.717) is 0 Å². The Balaban J connectivity index is 0.000000241. The van der Waals surface area contributed by atoms with Gasteiger partial charge in [0, 0.05) is 44.6 Å². The maximum absolute atomic E-state index is 4.19. The van der Waals surface area contributed by atoms with Crippen molar-refractivity contribution in [1.82, 2.24) is 19.9 Å². The van der Waals surface area contributed by atoms with Crippen molar-refractivity contribution in [2.45, 2.75) is 0 Å². The molecule has 0 aliphatic rings. The van der Waals surface area contributed by atoms with Crippen LogP contribution in [0.1, 0.15) is 0 Å². The molecule has 4 rings (SSSR count). The van der Waals surface area contributed by atoms with E-state index in [1.54, 1.807) is 24.8 Å². The average molecular weight is 538 g/mol. The normalized spacial score (nSPS) is 8.92. The van der Waals surface area contributed by atoms with Gasteiger partial charge in [0.05, 0.1) is 22.8 Å². The summed E-state index contributed by atoms with van der Waals surface area (Å²) in [4.78, 5) is 16.7. The molecule has 0 bridgehead atoms. The van der Waals surface area contributed by atoms with Crippen LogP contribution in [0.4, 0.5) is 0 Å². The topological polar surface area (TPSA) is 51.6 Å². The molecule has 0 N–H and O–H groups in total. The van der Waals surface area contributed by atoms with Crippen molar-refractivity contribution in [3.8, 4) is 22.8 Å². The zero-order valence-corrected chi connectivity index (χ0v) is 17.1. The minimum absolute atomic E-state index is 0. The molecule has 4 aromatic heterocycles. The summed E-state index contributed by atoms with van der Waals surface area (Å²) in [5.74, 6) is 0. The van der Waals surface area contributed by atoms with Crippen LogP contribution < -0.4 is 12.4 Å². The van der Waals surface area contributed by atoms with Crippen molar-refractivity contribution in [2.24, 2.45) is 0 Å². The summed E-state index contributed by atoms with van der Waals surface area (Å²) in [6.45, 7) is 0. The number of rotatable bonds is 2. The predicted octanol–water partition coefficient (Wildman–Crippen LogP) is 1.29. The van der Waals surface area contributed by atoms with Gasteiger partial charge in [0.25, 0.3) is 0 Å². The molecule has 132 valence electrons. The molecule has 0 aromatic carbocycles. The van der Waals surface area contributed by atoms with Gasteiger partial charge >= 0.3 is 0 Å². The van der Waals surface area contributed by atoms with Crippen molar-refractivity contribution in [3.05, 3.63) is 97.6 Å². The van der Waals surface area contributed by atoms with E-state index in [-0.39, 0.29) is 32.2 Å². The SMILES string of the molecule is [Cl-].[Os].c1ccc(-c2ccccn2)nc1.c1ccc(-c2ccccn2)nc1. The molecule has 0 aliphatic carbocycles. The van der Waals surface area contributed by atoms with E-state index in [2.05, 4.69) is 19.9 Å². The summed E-state index contributed by atoms with van der Waals surface area (Å²) in [5.41, 5.74) is 3.66. The third-order valence-corrected chi connectivity index (χ3v) is 3.18. The second-order valence-corrected chi connectivity index (χ2v) is 4.86. The van der Waals surface area contributed by atoms with E-state index >= 15 is 0 Å². The zero-order valence-electron chi connectivity index (χ0n) is 13.8. The fraction of sp³-hybridized carbons (Fsp3) is 0. The molecule has 0 amide bonds. The first kappa shape index (κ1) is 21.6. The Morgan fingerprint density at radius 3 is 0.769 bits per heavy atom. The Kier molecular flexibility index (Phi) is 9.93. The van der Waals surface area contributed by atoms with Crippen molar-refractivity contribution < 1.29 is 32.2 Å². The standard InChI is InChI=1S/2C10H8N2.ClH.Os/c2*1-3-7-11-9(5-1)10-6-2-4-8-12-10;;/h2*1-8H;1H;/p-1. The minimum Gasteiger partial charge on any atom is -1.00 e. The molecular weight excluding hydrogens is 522 g/mol. The summed E-state index contributed by atoms with van der Waals surface area (Å²) in [7, 11) is 0. The number of nitrogens with zero attached hydrogens (tertiary/aromatic N) is 4. The van der Waals surface area contributed by atoms with E-state index < -0.39 is 0 Å². The van der Waals surface area contributed by atoms with Gasteiger partial charge in [-0.2, -0.15) is 0 Å². The van der Waals surface area contributed by atoms with E-state index in [4.69, 9.17) is 0 Å². The Labute approximate surface area is 172 Å². The monoisotopic (exact) mass is 539 g/mol. The van der Waals surface area contributed by atoms with Gasteiger partial charge in [0.1, 0.15) is 0 Å². The quantitative estimate of drug-likeness (QED) is 0.387. The molecule has 0 radical (unpaired) electrons. The summed E-state index contributed by atoms with van der Waals surface area (Å²) in [6.07, 6.45) is 7.07. The van der Waals surface area contributed by atoms with Crippen molar-refractivity contribution in [1.29, 1.82) is 0 Å². The molecule has 0 atom stereocenters. The fourth-order valence-electron chi connectivity index (χ4n) is 2.06. The largest absolute Gasteiger partial charge is 1.00 e.